The Bertz CT molecular complexity index is 887. The van der Waals surface area contributed by atoms with Gasteiger partial charge in [-0.1, -0.05) is 43.3 Å². The molecular formula is C22H26N2O3. The number of furan rings is 1. The quantitative estimate of drug-likeness (QED) is 0.564. The van der Waals surface area contributed by atoms with Crippen LogP contribution in [0.2, 0.25) is 0 Å². The fourth-order valence-corrected chi connectivity index (χ4v) is 3.03. The van der Waals surface area contributed by atoms with Gasteiger partial charge in [0, 0.05) is 18.5 Å². The lowest BCUT2D eigenvalue weighted by Crippen LogP contribution is -2.25. The molecule has 0 aliphatic rings. The highest BCUT2D eigenvalue weighted by molar-refractivity contribution is 5.98. The summed E-state index contributed by atoms with van der Waals surface area (Å²) in [4.78, 5) is 12.5. The molecule has 1 aromatic heterocycles. The molecule has 1 heterocycles. The predicted octanol–water partition coefficient (Wildman–Crippen LogP) is 3.91. The minimum Gasteiger partial charge on any atom is -0.493 e. The van der Waals surface area contributed by atoms with E-state index in [1.807, 2.05) is 42.5 Å². The van der Waals surface area contributed by atoms with Crippen LogP contribution in [0.1, 0.15) is 35.0 Å². The molecule has 0 fully saturated rings. The molecule has 0 spiro atoms. The molecule has 1 amide bonds. The molecule has 0 saturated carbocycles. The van der Waals surface area contributed by atoms with Gasteiger partial charge in [0.05, 0.1) is 7.11 Å². The third-order valence-electron chi connectivity index (χ3n) is 4.47. The fraction of sp³-hybridized carbons (Fsp3) is 0.318. The molecule has 3 rings (SSSR count). The van der Waals surface area contributed by atoms with Crippen LogP contribution in [0.25, 0.3) is 11.0 Å². The van der Waals surface area contributed by atoms with Gasteiger partial charge in [0.15, 0.2) is 17.1 Å². The number of benzene rings is 2. The molecule has 0 aliphatic heterocycles. The summed E-state index contributed by atoms with van der Waals surface area (Å²) in [5.74, 6) is 0.725. The zero-order valence-corrected chi connectivity index (χ0v) is 15.9. The first-order valence-electron chi connectivity index (χ1n) is 9.35. The zero-order chi connectivity index (χ0) is 19.1. The normalized spacial score (nSPS) is 10.9. The Hall–Kier alpha value is -2.79. The van der Waals surface area contributed by atoms with Gasteiger partial charge in [0.1, 0.15) is 0 Å². The topological polar surface area (TPSA) is 63.5 Å². The van der Waals surface area contributed by atoms with E-state index in [1.165, 1.54) is 5.56 Å². The van der Waals surface area contributed by atoms with Gasteiger partial charge < -0.3 is 19.8 Å². The average Bonchev–Trinajstić information content (AvgIpc) is 3.15. The van der Waals surface area contributed by atoms with Gasteiger partial charge in [-0.2, -0.15) is 0 Å². The van der Waals surface area contributed by atoms with Gasteiger partial charge in [-0.15, -0.1) is 0 Å². The standard InChI is InChI=1S/C22H26N2O3/c1-3-12-23-15-17-9-10-19(26-2)21-18(17)14-20(27-21)22(25)24-13-11-16-7-5-4-6-8-16/h4-10,14,23H,3,11-13,15H2,1-2H3,(H,24,25). The van der Waals surface area contributed by atoms with Gasteiger partial charge >= 0.3 is 0 Å². The summed E-state index contributed by atoms with van der Waals surface area (Å²) in [6.45, 7) is 4.36. The van der Waals surface area contributed by atoms with E-state index in [0.29, 0.717) is 23.6 Å². The van der Waals surface area contributed by atoms with E-state index in [2.05, 4.69) is 17.6 Å². The number of nitrogens with one attached hydrogen (secondary N) is 2. The first-order valence-corrected chi connectivity index (χ1v) is 9.35. The van der Waals surface area contributed by atoms with Gasteiger partial charge in [-0.3, -0.25) is 4.79 Å². The second kappa shape index (κ2) is 9.24. The maximum atomic E-state index is 12.5. The van der Waals surface area contributed by atoms with E-state index in [4.69, 9.17) is 9.15 Å². The fourth-order valence-electron chi connectivity index (χ4n) is 3.03. The summed E-state index contributed by atoms with van der Waals surface area (Å²) in [7, 11) is 1.60. The molecule has 142 valence electrons. The second-order valence-electron chi connectivity index (χ2n) is 6.45. The van der Waals surface area contributed by atoms with Crippen LogP contribution in [-0.2, 0) is 13.0 Å². The van der Waals surface area contributed by atoms with Crippen molar-refractivity contribution >= 4 is 16.9 Å². The smallest absolute Gasteiger partial charge is 0.287 e. The number of fused-ring (bicyclic) bond motifs is 1. The summed E-state index contributed by atoms with van der Waals surface area (Å²) in [6, 6.07) is 15.8. The number of methoxy groups -OCH3 is 1. The van der Waals surface area contributed by atoms with Gasteiger partial charge in [-0.05, 0) is 42.6 Å². The third kappa shape index (κ3) is 4.68. The third-order valence-corrected chi connectivity index (χ3v) is 4.47. The Kier molecular flexibility index (Phi) is 6.49. The monoisotopic (exact) mass is 366 g/mol. The molecule has 0 saturated heterocycles. The average molecular weight is 366 g/mol. The number of carbonyl (C=O) groups excluding carboxylic acids is 1. The maximum absolute atomic E-state index is 12.5. The first kappa shape index (κ1) is 19.0. The molecule has 5 heteroatoms. The largest absolute Gasteiger partial charge is 0.493 e. The van der Waals surface area contributed by atoms with Crippen LogP contribution in [0.4, 0.5) is 0 Å². The molecule has 0 aliphatic carbocycles. The second-order valence-corrected chi connectivity index (χ2v) is 6.45. The van der Waals surface area contributed by atoms with Crippen molar-refractivity contribution in [2.24, 2.45) is 0 Å². The summed E-state index contributed by atoms with van der Waals surface area (Å²) in [5.41, 5.74) is 2.89. The molecule has 27 heavy (non-hydrogen) atoms. The van der Waals surface area contributed by atoms with E-state index in [9.17, 15) is 4.79 Å². The van der Waals surface area contributed by atoms with E-state index in [0.717, 1.165) is 36.9 Å². The molecule has 5 nitrogen and oxygen atoms in total. The van der Waals surface area contributed by atoms with Crippen LogP contribution in [0.15, 0.2) is 52.9 Å². The van der Waals surface area contributed by atoms with E-state index in [1.54, 1.807) is 13.2 Å². The van der Waals surface area contributed by atoms with Crippen molar-refractivity contribution in [2.45, 2.75) is 26.3 Å². The molecule has 2 aromatic carbocycles. The Balaban J connectivity index is 1.73. The number of rotatable bonds is 9. The molecular weight excluding hydrogens is 340 g/mol. The van der Waals surface area contributed by atoms with E-state index in [-0.39, 0.29) is 5.91 Å². The number of hydrogen-bond acceptors (Lipinski definition) is 4. The van der Waals surface area contributed by atoms with Crippen LogP contribution in [0.3, 0.4) is 0 Å². The highest BCUT2D eigenvalue weighted by Crippen LogP contribution is 2.31. The molecule has 3 aromatic rings. The van der Waals surface area contributed by atoms with Crippen molar-refractivity contribution in [3.05, 3.63) is 65.4 Å². The molecule has 0 bridgehead atoms. The van der Waals surface area contributed by atoms with Crippen molar-refractivity contribution in [1.82, 2.24) is 10.6 Å². The maximum Gasteiger partial charge on any atom is 0.287 e. The summed E-state index contributed by atoms with van der Waals surface area (Å²) >= 11 is 0. The minimum absolute atomic E-state index is 0.211. The van der Waals surface area contributed by atoms with Crippen LogP contribution in [0, 0.1) is 0 Å². The van der Waals surface area contributed by atoms with E-state index >= 15 is 0 Å². The first-order chi connectivity index (χ1) is 13.2. The molecule has 0 unspecified atom stereocenters. The van der Waals surface area contributed by atoms with Crippen molar-refractivity contribution in [3.8, 4) is 5.75 Å². The van der Waals surface area contributed by atoms with Crippen LogP contribution < -0.4 is 15.4 Å². The van der Waals surface area contributed by atoms with Crippen molar-refractivity contribution in [2.75, 3.05) is 20.2 Å². The van der Waals surface area contributed by atoms with Crippen LogP contribution in [-0.4, -0.2) is 26.1 Å². The Morgan fingerprint density at radius 1 is 1.11 bits per heavy atom. The van der Waals surface area contributed by atoms with Crippen molar-refractivity contribution in [1.29, 1.82) is 0 Å². The van der Waals surface area contributed by atoms with Gasteiger partial charge in [0.2, 0.25) is 0 Å². The Labute approximate surface area is 159 Å². The van der Waals surface area contributed by atoms with Crippen LogP contribution in [0.5, 0.6) is 5.75 Å². The van der Waals surface area contributed by atoms with E-state index < -0.39 is 0 Å². The summed E-state index contributed by atoms with van der Waals surface area (Å²) in [5, 5.41) is 7.23. The number of amides is 1. The summed E-state index contributed by atoms with van der Waals surface area (Å²) < 4.78 is 11.2. The number of carbonyl (C=O) groups is 1. The lowest BCUT2D eigenvalue weighted by molar-refractivity contribution is 0.0928. The molecule has 0 radical (unpaired) electrons. The van der Waals surface area contributed by atoms with Gasteiger partial charge in [0.25, 0.3) is 5.91 Å². The van der Waals surface area contributed by atoms with Crippen LogP contribution >= 0.6 is 0 Å². The Morgan fingerprint density at radius 3 is 2.67 bits per heavy atom. The van der Waals surface area contributed by atoms with Gasteiger partial charge in [-0.25, -0.2) is 0 Å². The highest BCUT2D eigenvalue weighted by atomic mass is 16.5. The minimum atomic E-state index is -0.211. The number of hydrogen-bond donors (Lipinski definition) is 2. The molecule has 2 N–H and O–H groups in total. The highest BCUT2D eigenvalue weighted by Gasteiger charge is 2.17. The zero-order valence-electron chi connectivity index (χ0n) is 15.9. The predicted molar refractivity (Wildman–Crippen MR) is 107 cm³/mol. The van der Waals surface area contributed by atoms with Crippen molar-refractivity contribution in [3.63, 3.8) is 0 Å². The number of ether oxygens (including phenoxy) is 1. The molecule has 0 atom stereocenters. The SMILES string of the molecule is CCCNCc1ccc(OC)c2oc(C(=O)NCCc3ccccc3)cc12. The summed E-state index contributed by atoms with van der Waals surface area (Å²) in [6.07, 6.45) is 1.85. The lowest BCUT2D eigenvalue weighted by Gasteiger charge is -2.06. The van der Waals surface area contributed by atoms with Crippen molar-refractivity contribution < 1.29 is 13.9 Å². The lowest BCUT2D eigenvalue weighted by atomic mass is 10.1. The Morgan fingerprint density at radius 2 is 1.93 bits per heavy atom.